The Hall–Kier alpha value is -2.24. The maximum Gasteiger partial charge on any atom is 0.276 e. The van der Waals surface area contributed by atoms with Gasteiger partial charge in [-0.1, -0.05) is 60.6 Å². The second-order valence-corrected chi connectivity index (χ2v) is 7.82. The number of hydrogen-bond acceptors (Lipinski definition) is 4. The number of halogens is 1. The summed E-state index contributed by atoms with van der Waals surface area (Å²) in [5, 5.41) is 10.9. The topological polar surface area (TPSA) is 54.7 Å². The Morgan fingerprint density at radius 2 is 1.96 bits per heavy atom. The summed E-state index contributed by atoms with van der Waals surface area (Å²) in [6, 6.07) is 16.3. The fourth-order valence-electron chi connectivity index (χ4n) is 3.22. The molecule has 0 aliphatic rings. The standard InChI is InChI=1S/C21H20ClN3OS/c1-2-16-17-13-15(22)10-11-18(17)23-19(16)20-24-25-21(26-20)27-12-6-9-14-7-4-3-5-8-14/h3-5,7-8,10-11,13,23H,2,6,9,12H2,1H3. The molecule has 0 amide bonds. The molecule has 4 rings (SSSR count). The molecule has 1 N–H and O–H groups in total. The highest BCUT2D eigenvalue weighted by Crippen LogP contribution is 2.33. The van der Waals surface area contributed by atoms with E-state index in [1.807, 2.05) is 24.3 Å². The van der Waals surface area contributed by atoms with Gasteiger partial charge >= 0.3 is 0 Å². The third-order valence-electron chi connectivity index (χ3n) is 4.52. The number of hydrogen-bond donors (Lipinski definition) is 1. The maximum atomic E-state index is 6.15. The van der Waals surface area contributed by atoms with E-state index in [4.69, 9.17) is 16.0 Å². The predicted molar refractivity (Wildman–Crippen MR) is 111 cm³/mol. The van der Waals surface area contributed by atoms with Gasteiger partial charge in [0.2, 0.25) is 0 Å². The van der Waals surface area contributed by atoms with Crippen molar-refractivity contribution in [1.82, 2.24) is 15.2 Å². The molecule has 0 fully saturated rings. The minimum atomic E-state index is 0.532. The minimum absolute atomic E-state index is 0.532. The quantitative estimate of drug-likeness (QED) is 0.299. The first-order valence-electron chi connectivity index (χ1n) is 9.05. The summed E-state index contributed by atoms with van der Waals surface area (Å²) in [7, 11) is 0. The summed E-state index contributed by atoms with van der Waals surface area (Å²) >= 11 is 7.76. The summed E-state index contributed by atoms with van der Waals surface area (Å²) < 4.78 is 5.90. The number of aryl methyl sites for hydroxylation is 2. The zero-order chi connectivity index (χ0) is 18.6. The second-order valence-electron chi connectivity index (χ2n) is 6.33. The Labute approximate surface area is 167 Å². The van der Waals surface area contributed by atoms with Gasteiger partial charge in [-0.05, 0) is 48.6 Å². The molecule has 0 spiro atoms. The van der Waals surface area contributed by atoms with Crippen molar-refractivity contribution in [3.8, 4) is 11.6 Å². The van der Waals surface area contributed by atoms with Crippen molar-refractivity contribution in [3.05, 3.63) is 64.7 Å². The Bertz CT molecular complexity index is 1040. The van der Waals surface area contributed by atoms with Crippen LogP contribution in [0.3, 0.4) is 0 Å². The van der Waals surface area contributed by atoms with E-state index < -0.39 is 0 Å². The lowest BCUT2D eigenvalue weighted by Gasteiger charge is -1.99. The lowest BCUT2D eigenvalue weighted by Crippen LogP contribution is -1.87. The summed E-state index contributed by atoms with van der Waals surface area (Å²) in [4.78, 5) is 3.40. The van der Waals surface area contributed by atoms with Crippen LogP contribution in [0.5, 0.6) is 0 Å². The van der Waals surface area contributed by atoms with E-state index in [1.54, 1.807) is 11.8 Å². The van der Waals surface area contributed by atoms with Gasteiger partial charge in [0, 0.05) is 21.7 Å². The number of aromatic amines is 1. The van der Waals surface area contributed by atoms with E-state index in [1.165, 1.54) is 5.56 Å². The van der Waals surface area contributed by atoms with Gasteiger partial charge < -0.3 is 9.40 Å². The molecule has 2 aromatic heterocycles. The van der Waals surface area contributed by atoms with Gasteiger partial charge in [-0.3, -0.25) is 0 Å². The Balaban J connectivity index is 1.45. The van der Waals surface area contributed by atoms with Crippen LogP contribution in [0.1, 0.15) is 24.5 Å². The van der Waals surface area contributed by atoms with Gasteiger partial charge in [-0.15, -0.1) is 10.2 Å². The van der Waals surface area contributed by atoms with Gasteiger partial charge in [0.1, 0.15) is 5.69 Å². The molecule has 0 atom stereocenters. The van der Waals surface area contributed by atoms with Crippen molar-refractivity contribution in [1.29, 1.82) is 0 Å². The van der Waals surface area contributed by atoms with E-state index in [0.717, 1.165) is 52.2 Å². The Morgan fingerprint density at radius 3 is 2.78 bits per heavy atom. The van der Waals surface area contributed by atoms with E-state index >= 15 is 0 Å². The van der Waals surface area contributed by atoms with Crippen molar-refractivity contribution in [2.45, 2.75) is 31.4 Å². The van der Waals surface area contributed by atoms with Gasteiger partial charge in [-0.25, -0.2) is 0 Å². The fraction of sp³-hybridized carbons (Fsp3) is 0.238. The van der Waals surface area contributed by atoms with Crippen LogP contribution in [0.15, 0.2) is 58.2 Å². The third-order valence-corrected chi connectivity index (χ3v) is 5.66. The first kappa shape index (κ1) is 18.1. The molecule has 6 heteroatoms. The van der Waals surface area contributed by atoms with E-state index in [2.05, 4.69) is 46.4 Å². The van der Waals surface area contributed by atoms with Crippen molar-refractivity contribution < 1.29 is 4.42 Å². The highest BCUT2D eigenvalue weighted by Gasteiger charge is 2.17. The van der Waals surface area contributed by atoms with Gasteiger partial charge in [0.05, 0.1) is 0 Å². The van der Waals surface area contributed by atoms with Crippen LogP contribution < -0.4 is 0 Å². The highest BCUT2D eigenvalue weighted by molar-refractivity contribution is 7.99. The molecular weight excluding hydrogens is 378 g/mol. The molecule has 138 valence electrons. The number of fused-ring (bicyclic) bond motifs is 1. The molecular formula is C21H20ClN3OS. The molecule has 0 radical (unpaired) electrons. The normalized spacial score (nSPS) is 11.3. The molecule has 0 aliphatic carbocycles. The molecule has 0 saturated heterocycles. The van der Waals surface area contributed by atoms with Crippen LogP contribution in [-0.4, -0.2) is 20.9 Å². The molecule has 27 heavy (non-hydrogen) atoms. The molecule has 0 aliphatic heterocycles. The monoisotopic (exact) mass is 397 g/mol. The van der Waals surface area contributed by atoms with Crippen LogP contribution in [0.2, 0.25) is 5.02 Å². The number of nitrogens with one attached hydrogen (secondary N) is 1. The number of benzene rings is 2. The maximum absolute atomic E-state index is 6.15. The Morgan fingerprint density at radius 1 is 1.11 bits per heavy atom. The lowest BCUT2D eigenvalue weighted by atomic mass is 10.1. The van der Waals surface area contributed by atoms with Crippen molar-refractivity contribution in [2.24, 2.45) is 0 Å². The number of H-pyrrole nitrogens is 1. The number of aromatic nitrogens is 3. The predicted octanol–water partition coefficient (Wildman–Crippen LogP) is 6.16. The fourth-order valence-corrected chi connectivity index (χ4v) is 4.09. The SMILES string of the molecule is CCc1c(-c2nnc(SCCCc3ccccc3)o2)[nH]c2ccc(Cl)cc12. The lowest BCUT2D eigenvalue weighted by molar-refractivity contribution is 0.464. The van der Waals surface area contributed by atoms with E-state index in [-0.39, 0.29) is 0 Å². The van der Waals surface area contributed by atoms with E-state index in [0.29, 0.717) is 11.1 Å². The number of nitrogens with zero attached hydrogens (tertiary/aromatic N) is 2. The van der Waals surface area contributed by atoms with Crippen molar-refractivity contribution in [2.75, 3.05) is 5.75 Å². The zero-order valence-corrected chi connectivity index (χ0v) is 16.6. The first-order chi connectivity index (χ1) is 13.2. The molecule has 0 unspecified atom stereocenters. The van der Waals surface area contributed by atoms with Crippen molar-refractivity contribution >= 4 is 34.3 Å². The summed E-state index contributed by atoms with van der Waals surface area (Å²) in [5.74, 6) is 1.48. The summed E-state index contributed by atoms with van der Waals surface area (Å²) in [6.45, 7) is 2.11. The summed E-state index contributed by atoms with van der Waals surface area (Å²) in [5.41, 5.74) is 4.42. The van der Waals surface area contributed by atoms with Crippen LogP contribution in [0.25, 0.3) is 22.5 Å². The van der Waals surface area contributed by atoms with Crippen molar-refractivity contribution in [3.63, 3.8) is 0 Å². The van der Waals surface area contributed by atoms with Gasteiger partial charge in [0.25, 0.3) is 11.1 Å². The zero-order valence-electron chi connectivity index (χ0n) is 15.0. The average molecular weight is 398 g/mol. The Kier molecular flexibility index (Phi) is 5.50. The smallest absolute Gasteiger partial charge is 0.276 e. The molecule has 0 saturated carbocycles. The number of thioether (sulfide) groups is 1. The average Bonchev–Trinajstić information content (AvgIpc) is 3.30. The molecule has 2 aromatic carbocycles. The molecule has 0 bridgehead atoms. The largest absolute Gasteiger partial charge is 0.410 e. The van der Waals surface area contributed by atoms with Crippen LogP contribution in [0, 0.1) is 0 Å². The minimum Gasteiger partial charge on any atom is -0.410 e. The molecule has 4 nitrogen and oxygen atoms in total. The second kappa shape index (κ2) is 8.19. The van der Waals surface area contributed by atoms with Crippen LogP contribution in [-0.2, 0) is 12.8 Å². The molecule has 4 aromatic rings. The van der Waals surface area contributed by atoms with E-state index in [9.17, 15) is 0 Å². The molecule has 2 heterocycles. The van der Waals surface area contributed by atoms with Gasteiger partial charge in [0.15, 0.2) is 0 Å². The van der Waals surface area contributed by atoms with Gasteiger partial charge in [-0.2, -0.15) is 0 Å². The van der Waals surface area contributed by atoms with Crippen LogP contribution in [0.4, 0.5) is 0 Å². The summed E-state index contributed by atoms with van der Waals surface area (Å²) in [6.07, 6.45) is 2.98. The third kappa shape index (κ3) is 4.04. The highest BCUT2D eigenvalue weighted by atomic mass is 35.5. The number of rotatable bonds is 7. The first-order valence-corrected chi connectivity index (χ1v) is 10.4. The van der Waals surface area contributed by atoms with Crippen LogP contribution >= 0.6 is 23.4 Å².